The van der Waals surface area contributed by atoms with E-state index in [9.17, 15) is 0 Å². The van der Waals surface area contributed by atoms with Gasteiger partial charge in [0.1, 0.15) is 0 Å². The summed E-state index contributed by atoms with van der Waals surface area (Å²) in [5.41, 5.74) is 12.9. The smallest absolute Gasteiger partial charge is 0.0540 e. The first-order valence-electron chi connectivity index (χ1n) is 21.2. The average Bonchev–Trinajstić information content (AvgIpc) is 3.70. The molecule has 1 heterocycles. The first-order valence-corrected chi connectivity index (χ1v) is 22.1. The third kappa shape index (κ3) is 6.15. The maximum Gasteiger partial charge on any atom is 0.0540 e. The van der Waals surface area contributed by atoms with Crippen LogP contribution in [0.1, 0.15) is 0 Å². The Morgan fingerprint density at radius 3 is 1.60 bits per heavy atom. The number of nitrogens with zero attached hydrogens (tertiary/aromatic N) is 1. The summed E-state index contributed by atoms with van der Waals surface area (Å²) in [6, 6.07) is 86.9. The standard InChI is InChI=1S/C60H39NS/c1-2-17-40(18-3-1)47-24-8-9-25-48(47)43-22-16-23-45(35-43)61(46-33-34-55-57-36-41-19-4-5-20-42(41)38-59(57)62-60(55)39-46)58-32-15-14-31-54(58)51-28-11-13-30-53(51)56-37-44-21-6-7-26-49(44)50-27-10-12-29-52(50)56/h1-39H. The van der Waals surface area contributed by atoms with E-state index in [0.717, 1.165) is 22.6 Å². The van der Waals surface area contributed by atoms with Crippen molar-refractivity contribution in [2.24, 2.45) is 0 Å². The van der Waals surface area contributed by atoms with Gasteiger partial charge in [0.2, 0.25) is 0 Å². The molecule has 11 aromatic carbocycles. The van der Waals surface area contributed by atoms with E-state index in [1.807, 2.05) is 11.3 Å². The molecule has 0 unspecified atom stereocenters. The summed E-state index contributed by atoms with van der Waals surface area (Å²) in [7, 11) is 0. The first kappa shape index (κ1) is 36.1. The summed E-state index contributed by atoms with van der Waals surface area (Å²) in [6.07, 6.45) is 0. The lowest BCUT2D eigenvalue weighted by Crippen LogP contribution is -2.11. The molecule has 290 valence electrons. The molecule has 0 aliphatic rings. The molecule has 0 radical (unpaired) electrons. The Hall–Kier alpha value is -7.78. The normalized spacial score (nSPS) is 11.5. The summed E-state index contributed by atoms with van der Waals surface area (Å²) < 4.78 is 2.57. The highest BCUT2D eigenvalue weighted by atomic mass is 32.1. The highest BCUT2D eigenvalue weighted by Crippen LogP contribution is 2.48. The number of fused-ring (bicyclic) bond motifs is 7. The van der Waals surface area contributed by atoms with Gasteiger partial charge in [-0.1, -0.05) is 188 Å². The summed E-state index contributed by atoms with van der Waals surface area (Å²) in [4.78, 5) is 2.47. The number of benzene rings is 11. The van der Waals surface area contributed by atoms with E-state index in [1.165, 1.54) is 91.4 Å². The Kier molecular flexibility index (Phi) is 8.76. The van der Waals surface area contributed by atoms with E-state index >= 15 is 0 Å². The molecule has 0 saturated heterocycles. The van der Waals surface area contributed by atoms with Crippen LogP contribution in [0, 0.1) is 0 Å². The molecule has 0 saturated carbocycles. The third-order valence-corrected chi connectivity index (χ3v) is 13.5. The minimum Gasteiger partial charge on any atom is -0.310 e. The molecule has 62 heavy (non-hydrogen) atoms. The van der Waals surface area contributed by atoms with Crippen molar-refractivity contribution in [3.8, 4) is 44.5 Å². The zero-order valence-corrected chi connectivity index (χ0v) is 34.7. The van der Waals surface area contributed by atoms with Gasteiger partial charge in [-0.2, -0.15) is 0 Å². The zero-order chi connectivity index (χ0) is 41.0. The van der Waals surface area contributed by atoms with Crippen LogP contribution in [-0.4, -0.2) is 0 Å². The summed E-state index contributed by atoms with van der Waals surface area (Å²) in [6.45, 7) is 0. The van der Waals surface area contributed by atoms with Gasteiger partial charge in [0, 0.05) is 37.1 Å². The molecule has 0 amide bonds. The van der Waals surface area contributed by atoms with Crippen LogP contribution in [0.2, 0.25) is 0 Å². The molecule has 2 heteroatoms. The van der Waals surface area contributed by atoms with Gasteiger partial charge in [0.15, 0.2) is 0 Å². The Labute approximate surface area is 365 Å². The van der Waals surface area contributed by atoms with Gasteiger partial charge in [-0.25, -0.2) is 0 Å². The van der Waals surface area contributed by atoms with Crippen LogP contribution in [0.3, 0.4) is 0 Å². The number of rotatable bonds is 7. The predicted molar refractivity (Wildman–Crippen MR) is 268 cm³/mol. The van der Waals surface area contributed by atoms with Crippen molar-refractivity contribution in [1.82, 2.24) is 0 Å². The second kappa shape index (κ2) is 15.0. The fourth-order valence-corrected chi connectivity index (χ4v) is 10.7. The lowest BCUT2D eigenvalue weighted by Gasteiger charge is -2.29. The minimum atomic E-state index is 1.10. The predicted octanol–water partition coefficient (Wildman–Crippen LogP) is 17.7. The molecule has 0 aliphatic carbocycles. The Bertz CT molecular complexity index is 3650. The minimum absolute atomic E-state index is 1.10. The molecule has 0 aliphatic heterocycles. The third-order valence-electron chi connectivity index (χ3n) is 12.4. The molecule has 0 fully saturated rings. The highest BCUT2D eigenvalue weighted by Gasteiger charge is 2.22. The molecule has 1 nitrogen and oxygen atoms in total. The Balaban J connectivity index is 1.09. The van der Waals surface area contributed by atoms with Crippen LogP contribution in [0.4, 0.5) is 17.1 Å². The Morgan fingerprint density at radius 2 is 0.806 bits per heavy atom. The van der Waals surface area contributed by atoms with Gasteiger partial charge < -0.3 is 4.90 Å². The number of anilines is 3. The van der Waals surface area contributed by atoms with Crippen molar-refractivity contribution in [1.29, 1.82) is 0 Å². The van der Waals surface area contributed by atoms with Gasteiger partial charge in [-0.05, 0) is 120 Å². The fourth-order valence-electron chi connectivity index (χ4n) is 9.56. The van der Waals surface area contributed by atoms with Crippen molar-refractivity contribution in [3.63, 3.8) is 0 Å². The SMILES string of the molecule is c1ccc(-c2ccccc2-c2cccc(N(c3ccc4c(c3)sc3cc5ccccc5cc34)c3ccccc3-c3ccccc3-c3cc4ccccc4c4ccccc34)c2)cc1. The monoisotopic (exact) mass is 805 g/mol. The number of para-hydroxylation sites is 1. The second-order valence-corrected chi connectivity index (χ2v) is 17.1. The number of hydrogen-bond acceptors (Lipinski definition) is 2. The fraction of sp³-hybridized carbons (Fsp3) is 0. The van der Waals surface area contributed by atoms with Gasteiger partial charge in [-0.15, -0.1) is 11.3 Å². The molecule has 0 spiro atoms. The van der Waals surface area contributed by atoms with Crippen LogP contribution in [-0.2, 0) is 0 Å². The van der Waals surface area contributed by atoms with Crippen molar-refractivity contribution < 1.29 is 0 Å². The van der Waals surface area contributed by atoms with Crippen LogP contribution in [0.25, 0.3) is 97.0 Å². The van der Waals surface area contributed by atoms with E-state index in [1.54, 1.807) is 0 Å². The lowest BCUT2D eigenvalue weighted by atomic mass is 9.88. The maximum absolute atomic E-state index is 2.47. The van der Waals surface area contributed by atoms with Crippen molar-refractivity contribution in [2.45, 2.75) is 0 Å². The van der Waals surface area contributed by atoms with E-state index < -0.39 is 0 Å². The van der Waals surface area contributed by atoms with E-state index in [-0.39, 0.29) is 0 Å². The quantitative estimate of drug-likeness (QED) is 0.145. The highest BCUT2D eigenvalue weighted by molar-refractivity contribution is 7.26. The topological polar surface area (TPSA) is 3.24 Å². The van der Waals surface area contributed by atoms with E-state index in [4.69, 9.17) is 0 Å². The summed E-state index contributed by atoms with van der Waals surface area (Å²) in [5, 5.41) is 10.2. The second-order valence-electron chi connectivity index (χ2n) is 16.0. The molecule has 12 rings (SSSR count). The molecule has 0 atom stereocenters. The lowest BCUT2D eigenvalue weighted by molar-refractivity contribution is 1.29. The largest absolute Gasteiger partial charge is 0.310 e. The van der Waals surface area contributed by atoms with Crippen LogP contribution < -0.4 is 4.90 Å². The summed E-state index contributed by atoms with van der Waals surface area (Å²) in [5.74, 6) is 0. The van der Waals surface area contributed by atoms with Gasteiger partial charge in [0.05, 0.1) is 5.69 Å². The van der Waals surface area contributed by atoms with Crippen molar-refractivity contribution >= 4 is 80.9 Å². The van der Waals surface area contributed by atoms with Gasteiger partial charge >= 0.3 is 0 Å². The van der Waals surface area contributed by atoms with E-state index in [0.29, 0.717) is 0 Å². The molecular formula is C60H39NS. The van der Waals surface area contributed by atoms with Crippen molar-refractivity contribution in [2.75, 3.05) is 4.90 Å². The summed E-state index contributed by atoms with van der Waals surface area (Å²) >= 11 is 1.87. The van der Waals surface area contributed by atoms with Crippen LogP contribution in [0.15, 0.2) is 237 Å². The average molecular weight is 806 g/mol. The van der Waals surface area contributed by atoms with E-state index in [2.05, 4.69) is 241 Å². The van der Waals surface area contributed by atoms with Crippen LogP contribution in [0.5, 0.6) is 0 Å². The van der Waals surface area contributed by atoms with Gasteiger partial charge in [0.25, 0.3) is 0 Å². The van der Waals surface area contributed by atoms with Crippen molar-refractivity contribution in [3.05, 3.63) is 237 Å². The molecule has 12 aromatic rings. The Morgan fingerprint density at radius 1 is 0.258 bits per heavy atom. The molecule has 0 bridgehead atoms. The number of hydrogen-bond donors (Lipinski definition) is 0. The molecular weight excluding hydrogens is 767 g/mol. The first-order chi connectivity index (χ1) is 30.7. The van der Waals surface area contributed by atoms with Crippen LogP contribution >= 0.6 is 11.3 Å². The zero-order valence-electron chi connectivity index (χ0n) is 33.9. The number of thiophene rings is 1. The molecule has 1 aromatic heterocycles. The molecule has 0 N–H and O–H groups in total. The maximum atomic E-state index is 2.47. The van der Waals surface area contributed by atoms with Gasteiger partial charge in [-0.3, -0.25) is 0 Å².